The second-order valence-electron chi connectivity index (χ2n) is 5.94. The summed E-state index contributed by atoms with van der Waals surface area (Å²) in [6.45, 7) is 8.58. The van der Waals surface area contributed by atoms with E-state index < -0.39 is 0 Å². The zero-order chi connectivity index (χ0) is 16.1. The molecule has 3 nitrogen and oxygen atoms in total. The van der Waals surface area contributed by atoms with E-state index in [1.165, 1.54) is 5.56 Å². The molecule has 2 aromatic rings. The lowest BCUT2D eigenvalue weighted by molar-refractivity contribution is -0.143. The Hall–Kier alpha value is -1.77. The van der Waals surface area contributed by atoms with Gasteiger partial charge in [0.25, 0.3) is 0 Å². The molecule has 0 bridgehead atoms. The van der Waals surface area contributed by atoms with Crippen LogP contribution < -0.4 is 0 Å². The Bertz CT molecular complexity index is 639. The molecule has 3 heteroatoms. The Labute approximate surface area is 132 Å². The van der Waals surface area contributed by atoms with Gasteiger partial charge in [0, 0.05) is 11.3 Å². The van der Waals surface area contributed by atoms with Gasteiger partial charge in [-0.15, -0.1) is 0 Å². The molecule has 22 heavy (non-hydrogen) atoms. The van der Waals surface area contributed by atoms with Crippen LogP contribution in [0.4, 0.5) is 0 Å². The van der Waals surface area contributed by atoms with Gasteiger partial charge in [-0.1, -0.05) is 31.9 Å². The smallest absolute Gasteiger partial charge is 0.306 e. The summed E-state index contributed by atoms with van der Waals surface area (Å²) < 4.78 is 11.2. The summed E-state index contributed by atoms with van der Waals surface area (Å²) in [5.41, 5.74) is 3.25. The lowest BCUT2D eigenvalue weighted by Gasteiger charge is -2.14. The van der Waals surface area contributed by atoms with Gasteiger partial charge in [-0.05, 0) is 44.4 Å². The Balaban J connectivity index is 2.33. The highest BCUT2D eigenvalue weighted by Crippen LogP contribution is 2.35. The van der Waals surface area contributed by atoms with E-state index in [1.807, 2.05) is 6.92 Å². The molecule has 1 atom stereocenters. The van der Waals surface area contributed by atoms with Crippen molar-refractivity contribution in [3.05, 3.63) is 35.1 Å². The van der Waals surface area contributed by atoms with Crippen molar-refractivity contribution < 1.29 is 13.9 Å². The number of aryl methyl sites for hydroxylation is 2. The van der Waals surface area contributed by atoms with Crippen LogP contribution in [0, 0.1) is 13.8 Å². The average molecular weight is 302 g/mol. The van der Waals surface area contributed by atoms with Gasteiger partial charge in [0.15, 0.2) is 0 Å². The van der Waals surface area contributed by atoms with Crippen LogP contribution in [-0.2, 0) is 9.53 Å². The van der Waals surface area contributed by atoms with Gasteiger partial charge in [-0.25, -0.2) is 0 Å². The van der Waals surface area contributed by atoms with Crippen molar-refractivity contribution in [3.63, 3.8) is 0 Å². The van der Waals surface area contributed by atoms with Crippen LogP contribution in [0.3, 0.4) is 0 Å². The number of fused-ring (bicyclic) bond motifs is 1. The van der Waals surface area contributed by atoms with Crippen molar-refractivity contribution in [1.29, 1.82) is 0 Å². The van der Waals surface area contributed by atoms with Crippen LogP contribution in [0.25, 0.3) is 11.0 Å². The number of unbranched alkanes of at least 4 members (excludes halogenated alkanes) is 1. The van der Waals surface area contributed by atoms with Gasteiger partial charge < -0.3 is 9.15 Å². The van der Waals surface area contributed by atoms with Crippen molar-refractivity contribution >= 4 is 16.9 Å². The van der Waals surface area contributed by atoms with E-state index in [9.17, 15) is 4.79 Å². The highest BCUT2D eigenvalue weighted by Gasteiger charge is 2.23. The zero-order valence-electron chi connectivity index (χ0n) is 14.1. The largest absolute Gasteiger partial charge is 0.466 e. The van der Waals surface area contributed by atoms with Crippen molar-refractivity contribution in [2.24, 2.45) is 0 Å². The Morgan fingerprint density at radius 2 is 2.05 bits per heavy atom. The molecule has 1 aromatic heterocycles. The van der Waals surface area contributed by atoms with E-state index in [0.29, 0.717) is 13.0 Å². The number of carbonyl (C=O) groups is 1. The third kappa shape index (κ3) is 3.70. The molecule has 2 rings (SSSR count). The number of furan rings is 1. The minimum absolute atomic E-state index is 0.103. The number of ether oxygens (including phenoxy) is 1. The Morgan fingerprint density at radius 3 is 2.73 bits per heavy atom. The van der Waals surface area contributed by atoms with Crippen LogP contribution in [-0.4, -0.2) is 12.6 Å². The van der Waals surface area contributed by atoms with E-state index in [1.54, 1.807) is 0 Å². The number of rotatable bonds is 7. The number of esters is 1. The molecule has 0 N–H and O–H groups in total. The molecule has 1 heterocycles. The molecule has 0 saturated heterocycles. The fourth-order valence-electron chi connectivity index (χ4n) is 2.94. The molecule has 1 unspecified atom stereocenters. The number of hydrogen-bond donors (Lipinski definition) is 0. The molecule has 0 radical (unpaired) electrons. The van der Waals surface area contributed by atoms with Crippen molar-refractivity contribution in [3.8, 4) is 0 Å². The molecule has 0 spiro atoms. The SMILES string of the molecule is CCCCC(CC(=O)OCC)c1oc2cc(C)ccc2c1C. The van der Waals surface area contributed by atoms with Crippen LogP contribution in [0.2, 0.25) is 0 Å². The summed E-state index contributed by atoms with van der Waals surface area (Å²) >= 11 is 0. The molecular formula is C19H26O3. The lowest BCUT2D eigenvalue weighted by Crippen LogP contribution is -2.11. The van der Waals surface area contributed by atoms with Crippen molar-refractivity contribution in [1.82, 2.24) is 0 Å². The van der Waals surface area contributed by atoms with Crippen molar-refractivity contribution in [2.45, 2.75) is 59.3 Å². The quantitative estimate of drug-likeness (QED) is 0.653. The van der Waals surface area contributed by atoms with Gasteiger partial charge in [-0.2, -0.15) is 0 Å². The predicted molar refractivity (Wildman–Crippen MR) is 89.2 cm³/mol. The Kier molecular flexibility index (Phi) is 5.64. The molecule has 0 aliphatic rings. The summed E-state index contributed by atoms with van der Waals surface area (Å²) in [5.74, 6) is 0.911. The zero-order valence-corrected chi connectivity index (χ0v) is 14.1. The second kappa shape index (κ2) is 7.48. The first-order chi connectivity index (χ1) is 10.6. The summed E-state index contributed by atoms with van der Waals surface area (Å²) in [5, 5.41) is 1.14. The molecule has 0 aliphatic heterocycles. The third-order valence-electron chi connectivity index (χ3n) is 4.13. The van der Waals surface area contributed by atoms with Gasteiger partial charge in [0.05, 0.1) is 13.0 Å². The molecule has 0 aliphatic carbocycles. The van der Waals surface area contributed by atoms with Gasteiger partial charge in [0.2, 0.25) is 0 Å². The van der Waals surface area contributed by atoms with Crippen LogP contribution in [0.1, 0.15) is 62.3 Å². The fraction of sp³-hybridized carbons (Fsp3) is 0.526. The van der Waals surface area contributed by atoms with Crippen LogP contribution in [0.15, 0.2) is 22.6 Å². The molecule has 120 valence electrons. The van der Waals surface area contributed by atoms with Gasteiger partial charge in [0.1, 0.15) is 11.3 Å². The van der Waals surface area contributed by atoms with E-state index in [0.717, 1.165) is 41.6 Å². The maximum absolute atomic E-state index is 11.9. The first kappa shape index (κ1) is 16.6. The molecular weight excluding hydrogens is 276 g/mol. The van der Waals surface area contributed by atoms with E-state index in [-0.39, 0.29) is 11.9 Å². The first-order valence-electron chi connectivity index (χ1n) is 8.22. The van der Waals surface area contributed by atoms with Gasteiger partial charge >= 0.3 is 5.97 Å². The topological polar surface area (TPSA) is 39.4 Å². The number of hydrogen-bond acceptors (Lipinski definition) is 3. The highest BCUT2D eigenvalue weighted by atomic mass is 16.5. The van der Waals surface area contributed by atoms with Crippen molar-refractivity contribution in [2.75, 3.05) is 6.61 Å². The monoisotopic (exact) mass is 302 g/mol. The van der Waals surface area contributed by atoms with Gasteiger partial charge in [-0.3, -0.25) is 4.79 Å². The number of carbonyl (C=O) groups excluding carboxylic acids is 1. The lowest BCUT2D eigenvalue weighted by atomic mass is 9.93. The number of benzene rings is 1. The summed E-state index contributed by atoms with van der Waals surface area (Å²) in [6, 6.07) is 6.27. The van der Waals surface area contributed by atoms with E-state index in [2.05, 4.69) is 39.0 Å². The third-order valence-corrected chi connectivity index (χ3v) is 4.13. The molecule has 0 fully saturated rings. The van der Waals surface area contributed by atoms with E-state index in [4.69, 9.17) is 9.15 Å². The van der Waals surface area contributed by atoms with Crippen LogP contribution >= 0.6 is 0 Å². The fourth-order valence-corrected chi connectivity index (χ4v) is 2.94. The summed E-state index contributed by atoms with van der Waals surface area (Å²) in [7, 11) is 0. The first-order valence-corrected chi connectivity index (χ1v) is 8.22. The minimum atomic E-state index is -0.139. The second-order valence-corrected chi connectivity index (χ2v) is 5.94. The maximum atomic E-state index is 11.9. The maximum Gasteiger partial charge on any atom is 0.306 e. The Morgan fingerprint density at radius 1 is 1.27 bits per heavy atom. The van der Waals surface area contributed by atoms with Crippen LogP contribution in [0.5, 0.6) is 0 Å². The summed E-state index contributed by atoms with van der Waals surface area (Å²) in [6.07, 6.45) is 3.54. The summed E-state index contributed by atoms with van der Waals surface area (Å²) in [4.78, 5) is 11.9. The molecule has 0 saturated carbocycles. The molecule has 1 aromatic carbocycles. The minimum Gasteiger partial charge on any atom is -0.466 e. The standard InChI is InChI=1S/C19H26O3/c1-5-7-8-15(12-18(20)21-6-2)19-14(4)16-10-9-13(3)11-17(16)22-19/h9-11,15H,5-8,12H2,1-4H3. The predicted octanol–water partition coefficient (Wildman–Crippen LogP) is 5.28. The highest BCUT2D eigenvalue weighted by molar-refractivity contribution is 5.83. The molecule has 0 amide bonds. The average Bonchev–Trinajstić information content (AvgIpc) is 2.80. The normalized spacial score (nSPS) is 12.5. The van der Waals surface area contributed by atoms with E-state index >= 15 is 0 Å².